The average molecular weight is 423 g/mol. The van der Waals surface area contributed by atoms with Crippen LogP contribution in [0, 0.1) is 0 Å². The second-order valence-electron chi connectivity index (χ2n) is 5.76. The van der Waals surface area contributed by atoms with E-state index in [-0.39, 0.29) is 36.4 Å². The first-order valence-electron chi connectivity index (χ1n) is 8.91. The molecule has 0 aliphatic carbocycles. The fraction of sp³-hybridized carbons (Fsp3) is 0.389. The van der Waals surface area contributed by atoms with E-state index in [1.54, 1.807) is 30.3 Å². The summed E-state index contributed by atoms with van der Waals surface area (Å²) < 4.78 is 0. The quantitative estimate of drug-likeness (QED) is 0.252. The first kappa shape index (κ1) is 24.1. The van der Waals surface area contributed by atoms with Crippen LogP contribution in [-0.2, 0) is 19.2 Å². The van der Waals surface area contributed by atoms with Gasteiger partial charge in [-0.3, -0.25) is 24.0 Å². The minimum atomic E-state index is -0.569. The molecule has 0 spiro atoms. The number of rotatable bonds is 12. The molecule has 6 N–H and O–H groups in total. The molecule has 0 heterocycles. The van der Waals surface area contributed by atoms with E-state index in [0.29, 0.717) is 25.1 Å². The lowest BCUT2D eigenvalue weighted by atomic mass is 10.2. The third-order valence-corrected chi connectivity index (χ3v) is 4.29. The van der Waals surface area contributed by atoms with Gasteiger partial charge in [-0.15, -0.1) is 0 Å². The monoisotopic (exact) mass is 423 g/mol. The van der Waals surface area contributed by atoms with Crippen LogP contribution in [0.2, 0.25) is 0 Å². The number of hydrogen-bond acceptors (Lipinski definition) is 7. The predicted molar refractivity (Wildman–Crippen MR) is 109 cm³/mol. The van der Waals surface area contributed by atoms with Crippen molar-refractivity contribution in [3.8, 4) is 0 Å². The molecule has 10 nitrogen and oxygen atoms in total. The van der Waals surface area contributed by atoms with Crippen LogP contribution in [0.4, 0.5) is 0 Å². The molecule has 29 heavy (non-hydrogen) atoms. The van der Waals surface area contributed by atoms with Crippen molar-refractivity contribution >= 4 is 40.5 Å². The van der Waals surface area contributed by atoms with Crippen LogP contribution in [0.5, 0.6) is 0 Å². The van der Waals surface area contributed by atoms with Crippen LogP contribution < -0.4 is 27.0 Å². The first-order valence-corrected chi connectivity index (χ1v) is 9.90. The van der Waals surface area contributed by atoms with Crippen molar-refractivity contribution < 1.29 is 24.0 Å². The van der Waals surface area contributed by atoms with Gasteiger partial charge in [0.15, 0.2) is 0 Å². The van der Waals surface area contributed by atoms with Gasteiger partial charge >= 0.3 is 0 Å². The Kier molecular flexibility index (Phi) is 11.8. The van der Waals surface area contributed by atoms with Crippen LogP contribution in [0.25, 0.3) is 0 Å². The molecule has 0 saturated heterocycles. The Bertz CT molecular complexity index is 714. The minimum Gasteiger partial charge on any atom is -0.355 e. The van der Waals surface area contributed by atoms with E-state index in [2.05, 4.69) is 21.3 Å². The number of hydrogen-bond donors (Lipinski definition) is 5. The largest absolute Gasteiger partial charge is 0.355 e. The molecule has 0 radical (unpaired) electrons. The third kappa shape index (κ3) is 11.5. The van der Waals surface area contributed by atoms with E-state index in [1.807, 2.05) is 0 Å². The number of nitrogens with one attached hydrogen (secondary N) is 4. The van der Waals surface area contributed by atoms with Crippen molar-refractivity contribution in [2.45, 2.75) is 6.42 Å². The molecule has 0 saturated carbocycles. The highest BCUT2D eigenvalue weighted by Crippen LogP contribution is 2.11. The van der Waals surface area contributed by atoms with Crippen LogP contribution in [0.1, 0.15) is 16.8 Å². The Morgan fingerprint density at radius 1 is 0.759 bits per heavy atom. The summed E-state index contributed by atoms with van der Waals surface area (Å²) in [4.78, 5) is 58.2. The van der Waals surface area contributed by atoms with Crippen LogP contribution >= 0.6 is 11.8 Å². The van der Waals surface area contributed by atoms with Crippen molar-refractivity contribution in [1.82, 2.24) is 21.3 Å². The second-order valence-corrected chi connectivity index (χ2v) is 6.71. The van der Waals surface area contributed by atoms with Gasteiger partial charge in [-0.05, 0) is 13.0 Å². The van der Waals surface area contributed by atoms with Gasteiger partial charge in [0.25, 0.3) is 0 Å². The molecule has 4 amide bonds. The molecule has 0 aliphatic heterocycles. The lowest BCUT2D eigenvalue weighted by molar-refractivity contribution is -0.128. The standard InChI is InChI=1S/C18H25N5O5S/c19-7-4-8-20-14(24)9-21-15(25)10-22-16(26)11-23-17(27)12-29-18(28)13-5-2-1-3-6-13/h1-3,5-6H,4,7-12,19H2,(H,20,24)(H,21,25)(H,22,26)(H,23,27). The Morgan fingerprint density at radius 3 is 1.83 bits per heavy atom. The third-order valence-electron chi connectivity index (χ3n) is 3.39. The SMILES string of the molecule is NCCCNC(=O)CNC(=O)CNC(=O)CNC(=O)CSC(=O)c1ccccc1. The Balaban J connectivity index is 2.13. The zero-order valence-corrected chi connectivity index (χ0v) is 16.7. The summed E-state index contributed by atoms with van der Waals surface area (Å²) >= 11 is 0.832. The fourth-order valence-electron chi connectivity index (χ4n) is 1.89. The van der Waals surface area contributed by atoms with Crippen molar-refractivity contribution in [2.75, 3.05) is 38.5 Å². The topological polar surface area (TPSA) is 159 Å². The van der Waals surface area contributed by atoms with Gasteiger partial charge in [-0.2, -0.15) is 0 Å². The summed E-state index contributed by atoms with van der Waals surface area (Å²) in [5.74, 6) is -2.07. The van der Waals surface area contributed by atoms with Crippen molar-refractivity contribution in [2.24, 2.45) is 5.73 Å². The summed E-state index contributed by atoms with van der Waals surface area (Å²) in [7, 11) is 0. The smallest absolute Gasteiger partial charge is 0.239 e. The highest BCUT2D eigenvalue weighted by molar-refractivity contribution is 8.14. The lowest BCUT2D eigenvalue weighted by Gasteiger charge is -2.08. The Labute approximate surface area is 172 Å². The molecule has 0 bridgehead atoms. The molecule has 0 aromatic heterocycles. The zero-order chi connectivity index (χ0) is 21.5. The van der Waals surface area contributed by atoms with Gasteiger partial charge in [-0.1, -0.05) is 42.1 Å². The van der Waals surface area contributed by atoms with E-state index < -0.39 is 17.7 Å². The second kappa shape index (κ2) is 14.1. The summed E-state index contributed by atoms with van der Waals surface area (Å²) in [6.45, 7) is 0.0224. The number of thioether (sulfide) groups is 1. The van der Waals surface area contributed by atoms with Crippen LogP contribution in [0.3, 0.4) is 0 Å². The number of amides is 4. The molecule has 0 aliphatic rings. The minimum absolute atomic E-state index is 0.124. The van der Waals surface area contributed by atoms with Gasteiger partial charge in [0.1, 0.15) is 0 Å². The Hall–Kier alpha value is -2.92. The van der Waals surface area contributed by atoms with E-state index in [1.165, 1.54) is 0 Å². The molecule has 158 valence electrons. The molecule has 1 rings (SSSR count). The predicted octanol–water partition coefficient (Wildman–Crippen LogP) is -1.63. The number of carbonyl (C=O) groups excluding carboxylic acids is 5. The van der Waals surface area contributed by atoms with E-state index in [9.17, 15) is 24.0 Å². The molecule has 0 fully saturated rings. The van der Waals surface area contributed by atoms with Crippen molar-refractivity contribution in [3.05, 3.63) is 35.9 Å². The van der Waals surface area contributed by atoms with E-state index >= 15 is 0 Å². The highest BCUT2D eigenvalue weighted by Gasteiger charge is 2.11. The summed E-state index contributed by atoms with van der Waals surface area (Å²) in [6.07, 6.45) is 0.639. The van der Waals surface area contributed by atoms with Crippen LogP contribution in [-0.4, -0.2) is 67.2 Å². The normalized spacial score (nSPS) is 9.97. The van der Waals surface area contributed by atoms with Crippen molar-refractivity contribution in [1.29, 1.82) is 0 Å². The summed E-state index contributed by atoms with van der Waals surface area (Å²) in [5, 5.41) is 9.36. The van der Waals surface area contributed by atoms with Crippen molar-refractivity contribution in [3.63, 3.8) is 0 Å². The van der Waals surface area contributed by atoms with Gasteiger partial charge in [0, 0.05) is 12.1 Å². The molecule has 0 atom stereocenters. The molecule has 1 aromatic carbocycles. The van der Waals surface area contributed by atoms with Gasteiger partial charge < -0.3 is 27.0 Å². The van der Waals surface area contributed by atoms with E-state index in [4.69, 9.17) is 5.73 Å². The van der Waals surface area contributed by atoms with Crippen LogP contribution in [0.15, 0.2) is 30.3 Å². The van der Waals surface area contributed by atoms with E-state index in [0.717, 1.165) is 11.8 Å². The molecule has 0 unspecified atom stereocenters. The molecule has 11 heteroatoms. The average Bonchev–Trinajstić information content (AvgIpc) is 2.73. The molecular weight excluding hydrogens is 398 g/mol. The Morgan fingerprint density at radius 2 is 1.28 bits per heavy atom. The van der Waals surface area contributed by atoms with Gasteiger partial charge in [-0.25, -0.2) is 0 Å². The maximum Gasteiger partial charge on any atom is 0.239 e. The lowest BCUT2D eigenvalue weighted by Crippen LogP contribution is -2.44. The zero-order valence-electron chi connectivity index (χ0n) is 15.9. The summed E-state index contributed by atoms with van der Waals surface area (Å²) in [5.41, 5.74) is 5.79. The highest BCUT2D eigenvalue weighted by atomic mass is 32.2. The number of benzene rings is 1. The fourth-order valence-corrected chi connectivity index (χ4v) is 2.56. The molecular formula is C18H25N5O5S. The van der Waals surface area contributed by atoms with Gasteiger partial charge in [0.2, 0.25) is 28.7 Å². The number of nitrogens with two attached hydrogens (primary N) is 1. The maximum absolute atomic E-state index is 11.9. The number of carbonyl (C=O) groups is 5. The van der Waals surface area contributed by atoms with Gasteiger partial charge in [0.05, 0.1) is 25.4 Å². The maximum atomic E-state index is 11.9. The summed E-state index contributed by atoms with van der Waals surface area (Å²) in [6, 6.07) is 8.53. The first-order chi connectivity index (χ1) is 13.9. The molecule has 1 aromatic rings.